The van der Waals surface area contributed by atoms with E-state index in [1.165, 1.54) is 4.90 Å². The predicted molar refractivity (Wildman–Crippen MR) is 154 cm³/mol. The van der Waals surface area contributed by atoms with Gasteiger partial charge < -0.3 is 39.8 Å². The molecule has 1 aromatic carbocycles. The molecule has 3 amide bonds. The van der Waals surface area contributed by atoms with Crippen LogP contribution in [0.15, 0.2) is 30.3 Å². The van der Waals surface area contributed by atoms with Crippen LogP contribution in [-0.4, -0.2) is 97.6 Å². The Hall–Kier alpha value is -3.06. The highest BCUT2D eigenvalue weighted by atomic mass is 16.8. The van der Waals surface area contributed by atoms with Crippen LogP contribution in [0.2, 0.25) is 0 Å². The van der Waals surface area contributed by atoms with Gasteiger partial charge in [0.25, 0.3) is 0 Å². The van der Waals surface area contributed by atoms with Gasteiger partial charge in [0.2, 0.25) is 17.7 Å². The molecular weight excluding hydrogens is 556 g/mol. The Balaban J connectivity index is 1.34. The Morgan fingerprint density at radius 2 is 1.65 bits per heavy atom. The number of carbonyl (C=O) groups is 4. The van der Waals surface area contributed by atoms with E-state index in [0.29, 0.717) is 6.54 Å². The summed E-state index contributed by atoms with van der Waals surface area (Å²) < 4.78 is 23.9. The van der Waals surface area contributed by atoms with Gasteiger partial charge in [0.05, 0.1) is 37.8 Å². The molecule has 4 aliphatic rings. The molecule has 4 fully saturated rings. The summed E-state index contributed by atoms with van der Waals surface area (Å²) in [7, 11) is 0. The number of hydrogen-bond acceptors (Lipinski definition) is 9. The Labute approximate surface area is 252 Å². The normalized spacial score (nSPS) is 31.7. The molecule has 0 radical (unpaired) electrons. The number of ether oxygens (including phenoxy) is 4. The number of fused-ring (bicyclic) bond motifs is 5. The molecular formula is C31H44N4O8. The second kappa shape index (κ2) is 14.1. The SMILES string of the molecule is CC1(C)O[C@@H]2[C@H](O1)[C@H]1CNC(C3CCCCC3)C(=O)NCC(=O)N(Cc3ccccc3)CC(=O)OCCNC(=O)C[C@@H]2O1. The van der Waals surface area contributed by atoms with Gasteiger partial charge in [-0.2, -0.15) is 0 Å². The zero-order chi connectivity index (χ0) is 30.4. The van der Waals surface area contributed by atoms with E-state index in [1.807, 2.05) is 44.2 Å². The highest BCUT2D eigenvalue weighted by molar-refractivity contribution is 5.89. The monoisotopic (exact) mass is 600 g/mol. The first-order valence-electron chi connectivity index (χ1n) is 15.4. The summed E-state index contributed by atoms with van der Waals surface area (Å²) in [6, 6.07) is 8.78. The van der Waals surface area contributed by atoms with Crippen molar-refractivity contribution < 1.29 is 38.1 Å². The van der Waals surface area contributed by atoms with E-state index in [-0.39, 0.29) is 56.9 Å². The third-order valence-corrected chi connectivity index (χ3v) is 8.57. The molecule has 5 atom stereocenters. The Morgan fingerprint density at radius 1 is 0.930 bits per heavy atom. The maximum absolute atomic E-state index is 13.6. The van der Waals surface area contributed by atoms with Crippen LogP contribution in [0.25, 0.3) is 0 Å². The van der Waals surface area contributed by atoms with E-state index in [4.69, 9.17) is 18.9 Å². The minimum atomic E-state index is -0.832. The number of nitrogens with zero attached hydrogens (tertiary/aromatic N) is 1. The van der Waals surface area contributed by atoms with Crippen LogP contribution in [0.1, 0.15) is 57.9 Å². The van der Waals surface area contributed by atoms with Gasteiger partial charge in [-0.3, -0.25) is 19.2 Å². The van der Waals surface area contributed by atoms with Gasteiger partial charge in [0.15, 0.2) is 5.79 Å². The second-order valence-electron chi connectivity index (χ2n) is 12.3. The summed E-state index contributed by atoms with van der Waals surface area (Å²) in [5.41, 5.74) is 0.844. The molecule has 1 aliphatic carbocycles. The van der Waals surface area contributed by atoms with Crippen LogP contribution in [0.5, 0.6) is 0 Å². The maximum Gasteiger partial charge on any atom is 0.325 e. The van der Waals surface area contributed by atoms with Gasteiger partial charge in [0.1, 0.15) is 25.4 Å². The van der Waals surface area contributed by atoms with Gasteiger partial charge in [-0.1, -0.05) is 49.6 Å². The lowest BCUT2D eigenvalue weighted by Gasteiger charge is -2.32. The van der Waals surface area contributed by atoms with E-state index >= 15 is 0 Å². The van der Waals surface area contributed by atoms with Crippen molar-refractivity contribution in [1.29, 1.82) is 0 Å². The van der Waals surface area contributed by atoms with Crippen molar-refractivity contribution in [2.75, 3.05) is 32.8 Å². The number of amides is 3. The molecule has 3 heterocycles. The quantitative estimate of drug-likeness (QED) is 0.433. The molecule has 3 aliphatic heterocycles. The largest absolute Gasteiger partial charge is 0.462 e. The van der Waals surface area contributed by atoms with Gasteiger partial charge in [-0.25, -0.2) is 0 Å². The number of hydrogen-bond donors (Lipinski definition) is 3. The smallest absolute Gasteiger partial charge is 0.325 e. The van der Waals surface area contributed by atoms with Crippen molar-refractivity contribution in [2.24, 2.45) is 5.92 Å². The average Bonchev–Trinajstić information content (AvgIpc) is 3.47. The number of esters is 1. The number of nitrogens with one attached hydrogen (secondary N) is 3. The van der Waals surface area contributed by atoms with E-state index in [9.17, 15) is 19.2 Å². The van der Waals surface area contributed by atoms with Crippen LogP contribution < -0.4 is 16.0 Å². The molecule has 1 saturated carbocycles. The molecule has 43 heavy (non-hydrogen) atoms. The predicted octanol–water partition coefficient (Wildman–Crippen LogP) is 1.02. The van der Waals surface area contributed by atoms with E-state index < -0.39 is 48.1 Å². The zero-order valence-electron chi connectivity index (χ0n) is 25.0. The lowest BCUT2D eigenvalue weighted by Crippen LogP contribution is -2.54. The maximum atomic E-state index is 13.6. The fraction of sp³-hybridized carbons (Fsp3) is 0.677. The summed E-state index contributed by atoms with van der Waals surface area (Å²) in [6.07, 6.45) is 3.25. The highest BCUT2D eigenvalue weighted by Crippen LogP contribution is 2.39. The third-order valence-electron chi connectivity index (χ3n) is 8.57. The van der Waals surface area contributed by atoms with Crippen molar-refractivity contribution in [3.63, 3.8) is 0 Å². The number of cyclic esters (lactones) is 1. The van der Waals surface area contributed by atoms with Gasteiger partial charge in [-0.15, -0.1) is 0 Å². The molecule has 0 spiro atoms. The van der Waals surface area contributed by atoms with Crippen molar-refractivity contribution in [3.05, 3.63) is 35.9 Å². The standard InChI is InChI=1S/C31H44N4O8/c1-31(2)42-28-22-15-24(36)32-13-14-40-26(38)19-35(18-20-9-5-3-6-10-20)25(37)17-34-30(39)27(21-11-7-4-8-12-21)33-16-23(41-22)29(28)43-31/h3,5-6,9-10,21-23,27-29,33H,4,7-8,11-19H2,1-2H3,(H,32,36)(H,34,39)/t22-,23+,27?,28-,29+/m0/s1. The summed E-state index contributed by atoms with van der Waals surface area (Å²) in [4.78, 5) is 53.8. The van der Waals surface area contributed by atoms with Crippen LogP contribution in [0, 0.1) is 5.92 Å². The van der Waals surface area contributed by atoms with E-state index in [2.05, 4.69) is 16.0 Å². The molecule has 0 aromatic heterocycles. The lowest BCUT2D eigenvalue weighted by atomic mass is 9.83. The van der Waals surface area contributed by atoms with Gasteiger partial charge in [0, 0.05) is 13.1 Å². The molecule has 1 unspecified atom stereocenters. The fourth-order valence-electron chi connectivity index (χ4n) is 6.52. The van der Waals surface area contributed by atoms with Crippen LogP contribution in [-0.2, 0) is 44.7 Å². The van der Waals surface area contributed by atoms with Crippen LogP contribution in [0.4, 0.5) is 0 Å². The van der Waals surface area contributed by atoms with Crippen molar-refractivity contribution in [3.8, 4) is 0 Å². The third kappa shape index (κ3) is 8.31. The lowest BCUT2D eigenvalue weighted by molar-refractivity contribution is -0.187. The minimum absolute atomic E-state index is 0.0471. The average molecular weight is 601 g/mol. The number of rotatable bonds is 3. The van der Waals surface area contributed by atoms with E-state index in [1.54, 1.807) is 0 Å². The highest BCUT2D eigenvalue weighted by Gasteiger charge is 2.55. The number of benzene rings is 1. The molecule has 1 aromatic rings. The summed E-state index contributed by atoms with van der Waals surface area (Å²) >= 11 is 0. The Kier molecular flexibility index (Phi) is 10.3. The van der Waals surface area contributed by atoms with Crippen LogP contribution in [0.3, 0.4) is 0 Å². The second-order valence-corrected chi connectivity index (χ2v) is 12.3. The van der Waals surface area contributed by atoms with Gasteiger partial charge >= 0.3 is 5.97 Å². The zero-order valence-corrected chi connectivity index (χ0v) is 25.0. The molecule has 2 bridgehead atoms. The molecule has 3 N–H and O–H groups in total. The van der Waals surface area contributed by atoms with Gasteiger partial charge in [-0.05, 0) is 38.2 Å². The Bertz CT molecular complexity index is 1140. The first kappa shape index (κ1) is 31.4. The summed E-state index contributed by atoms with van der Waals surface area (Å²) in [5.74, 6) is -2.26. The van der Waals surface area contributed by atoms with Crippen LogP contribution >= 0.6 is 0 Å². The topological polar surface area (TPSA) is 145 Å². The van der Waals surface area contributed by atoms with E-state index in [0.717, 1.165) is 37.7 Å². The molecule has 3 saturated heterocycles. The van der Waals surface area contributed by atoms with Crippen molar-refractivity contribution in [2.45, 2.75) is 95.2 Å². The molecule has 236 valence electrons. The fourth-order valence-corrected chi connectivity index (χ4v) is 6.52. The number of carbonyl (C=O) groups excluding carboxylic acids is 4. The summed E-state index contributed by atoms with van der Waals surface area (Å²) in [6.45, 7) is 3.71. The Morgan fingerprint density at radius 3 is 2.40 bits per heavy atom. The molecule has 12 nitrogen and oxygen atoms in total. The van der Waals surface area contributed by atoms with Crippen molar-refractivity contribution in [1.82, 2.24) is 20.9 Å². The minimum Gasteiger partial charge on any atom is -0.462 e. The first-order valence-corrected chi connectivity index (χ1v) is 15.4. The molecule has 5 rings (SSSR count). The molecule has 12 heteroatoms. The van der Waals surface area contributed by atoms with Crippen molar-refractivity contribution >= 4 is 23.7 Å². The first-order chi connectivity index (χ1) is 20.7. The summed E-state index contributed by atoms with van der Waals surface area (Å²) in [5, 5.41) is 9.04.